The van der Waals surface area contributed by atoms with Gasteiger partial charge in [0.1, 0.15) is 0 Å². The van der Waals surface area contributed by atoms with Crippen molar-refractivity contribution in [2.24, 2.45) is 9.98 Å². The highest BCUT2D eigenvalue weighted by atomic mass is 16.5. The predicted molar refractivity (Wildman–Crippen MR) is 80.0 cm³/mol. The molecule has 0 aliphatic carbocycles. The van der Waals surface area contributed by atoms with Crippen LogP contribution in [-0.2, 0) is 9.53 Å². The number of aliphatic hydroxyl groups excluding tert-OH is 1. The topological polar surface area (TPSA) is 71.2 Å². The Morgan fingerprint density at radius 2 is 1.80 bits per heavy atom. The Labute approximate surface area is 119 Å². The minimum atomic E-state index is -0.173. The molecule has 0 aromatic carbocycles. The minimum Gasteiger partial charge on any atom is -0.469 e. The van der Waals surface area contributed by atoms with Crippen LogP contribution in [0.5, 0.6) is 0 Å². The Balaban J connectivity index is 0.000000204. The van der Waals surface area contributed by atoms with Crippen LogP contribution in [0.3, 0.4) is 0 Å². The summed E-state index contributed by atoms with van der Waals surface area (Å²) in [4.78, 5) is 18.8. The molecule has 2 aliphatic heterocycles. The summed E-state index contributed by atoms with van der Waals surface area (Å²) in [5.74, 6) is -0.173. The molecule has 0 spiro atoms. The molecule has 20 heavy (non-hydrogen) atoms. The fourth-order valence-electron chi connectivity index (χ4n) is 1.75. The molecule has 0 aromatic heterocycles. The summed E-state index contributed by atoms with van der Waals surface area (Å²) in [6.07, 6.45) is 12.6. The van der Waals surface area contributed by atoms with E-state index in [2.05, 4.69) is 20.8 Å². The summed E-state index contributed by atoms with van der Waals surface area (Å²) < 4.78 is 4.49. The molecule has 2 aliphatic rings. The minimum absolute atomic E-state index is 0.173. The summed E-state index contributed by atoms with van der Waals surface area (Å²) in [5, 5.41) is 8.45. The molecule has 0 atom stereocenters. The summed E-state index contributed by atoms with van der Waals surface area (Å²) in [5.41, 5.74) is 2.12. The highest BCUT2D eigenvalue weighted by Crippen LogP contribution is 2.12. The van der Waals surface area contributed by atoms with E-state index in [1.807, 2.05) is 18.5 Å². The van der Waals surface area contributed by atoms with Crippen molar-refractivity contribution in [2.45, 2.75) is 38.5 Å². The molecule has 0 saturated carbocycles. The molecular weight excluding hydrogens is 256 g/mol. The van der Waals surface area contributed by atoms with Crippen LogP contribution in [0, 0.1) is 0 Å². The fourth-order valence-corrected chi connectivity index (χ4v) is 1.75. The number of ether oxygens (including phenoxy) is 1. The van der Waals surface area contributed by atoms with Crippen LogP contribution in [0.2, 0.25) is 0 Å². The summed E-state index contributed by atoms with van der Waals surface area (Å²) >= 11 is 0. The largest absolute Gasteiger partial charge is 0.469 e. The van der Waals surface area contributed by atoms with Crippen molar-refractivity contribution in [2.75, 3.05) is 13.7 Å². The average molecular weight is 278 g/mol. The van der Waals surface area contributed by atoms with Gasteiger partial charge in [-0.2, -0.15) is 0 Å². The van der Waals surface area contributed by atoms with Gasteiger partial charge in [0.15, 0.2) is 0 Å². The zero-order valence-electron chi connectivity index (χ0n) is 11.9. The summed E-state index contributed by atoms with van der Waals surface area (Å²) in [6.45, 7) is 0.271. The maximum atomic E-state index is 10.7. The lowest BCUT2D eigenvalue weighted by atomic mass is 10.2. The van der Waals surface area contributed by atoms with Gasteiger partial charge in [0.25, 0.3) is 0 Å². The van der Waals surface area contributed by atoms with Crippen LogP contribution in [0.15, 0.2) is 33.5 Å². The van der Waals surface area contributed by atoms with Gasteiger partial charge < -0.3 is 9.84 Å². The Morgan fingerprint density at radius 3 is 2.25 bits per heavy atom. The van der Waals surface area contributed by atoms with Crippen LogP contribution in [0.1, 0.15) is 38.5 Å². The third kappa shape index (κ3) is 6.99. The molecule has 0 saturated heterocycles. The normalized spacial score (nSPS) is 15.5. The lowest BCUT2D eigenvalue weighted by Crippen LogP contribution is -1.99. The molecule has 110 valence electrons. The van der Waals surface area contributed by atoms with E-state index in [1.165, 1.54) is 7.11 Å². The molecule has 1 N–H and O–H groups in total. The first-order valence-corrected chi connectivity index (χ1v) is 6.87. The number of hydrogen-bond acceptors (Lipinski definition) is 5. The third-order valence-corrected chi connectivity index (χ3v) is 2.84. The number of rotatable bonds is 6. The van der Waals surface area contributed by atoms with E-state index in [0.717, 1.165) is 37.1 Å². The standard InChI is InChI=1S/C8H11NO2.C7H11NO/c1-11-8(10)5-4-7-3-2-6-9-7;9-6-2-4-7-3-1-5-8-7/h3,6H,2,4-5H2,1H3;3,5,9H,1-2,4,6H2. The van der Waals surface area contributed by atoms with E-state index in [-0.39, 0.29) is 12.6 Å². The van der Waals surface area contributed by atoms with Crippen LogP contribution >= 0.6 is 0 Å². The number of aliphatic imine (C=N–C) groups is 2. The second-order valence-corrected chi connectivity index (χ2v) is 4.39. The van der Waals surface area contributed by atoms with Gasteiger partial charge in [0, 0.05) is 43.3 Å². The molecular formula is C15H22N2O3. The SMILES string of the molecule is COC(=O)CCC1=CCC=N1.OCCCC1=CCC=N1. The van der Waals surface area contributed by atoms with E-state index in [1.54, 1.807) is 0 Å². The molecule has 5 nitrogen and oxygen atoms in total. The van der Waals surface area contributed by atoms with Crippen LogP contribution < -0.4 is 0 Å². The number of allylic oxidation sites excluding steroid dienone is 4. The molecule has 0 bridgehead atoms. The van der Waals surface area contributed by atoms with Gasteiger partial charge in [-0.05, 0) is 19.3 Å². The molecule has 2 heterocycles. The molecule has 2 rings (SSSR count). The van der Waals surface area contributed by atoms with Crippen molar-refractivity contribution < 1.29 is 14.6 Å². The Kier molecular flexibility index (Phi) is 8.22. The molecule has 0 aromatic rings. The zero-order chi connectivity index (χ0) is 14.6. The second-order valence-electron chi connectivity index (χ2n) is 4.39. The number of methoxy groups -OCH3 is 1. The van der Waals surface area contributed by atoms with Gasteiger partial charge in [-0.15, -0.1) is 0 Å². The van der Waals surface area contributed by atoms with E-state index in [9.17, 15) is 4.79 Å². The number of nitrogens with zero attached hydrogens (tertiary/aromatic N) is 2. The van der Waals surface area contributed by atoms with Gasteiger partial charge >= 0.3 is 5.97 Å². The van der Waals surface area contributed by atoms with Crippen LogP contribution in [-0.4, -0.2) is 37.2 Å². The van der Waals surface area contributed by atoms with Gasteiger partial charge in [-0.1, -0.05) is 12.2 Å². The maximum Gasteiger partial charge on any atom is 0.305 e. The zero-order valence-corrected chi connectivity index (χ0v) is 11.9. The number of hydrogen-bond donors (Lipinski definition) is 1. The van der Waals surface area contributed by atoms with Crippen molar-refractivity contribution in [3.05, 3.63) is 23.5 Å². The molecule has 0 fully saturated rings. The smallest absolute Gasteiger partial charge is 0.305 e. The Morgan fingerprint density at radius 1 is 1.20 bits per heavy atom. The van der Waals surface area contributed by atoms with Crippen molar-refractivity contribution in [1.82, 2.24) is 0 Å². The van der Waals surface area contributed by atoms with Gasteiger partial charge in [0.05, 0.1) is 13.5 Å². The van der Waals surface area contributed by atoms with E-state index in [0.29, 0.717) is 12.8 Å². The average Bonchev–Trinajstić information content (AvgIpc) is 3.16. The lowest BCUT2D eigenvalue weighted by molar-refractivity contribution is -0.140. The highest BCUT2D eigenvalue weighted by Gasteiger charge is 2.03. The van der Waals surface area contributed by atoms with Crippen molar-refractivity contribution >= 4 is 18.4 Å². The van der Waals surface area contributed by atoms with E-state index < -0.39 is 0 Å². The number of carbonyl (C=O) groups is 1. The predicted octanol–water partition coefficient (Wildman–Crippen LogP) is 2.42. The quantitative estimate of drug-likeness (QED) is 0.758. The number of aliphatic hydroxyl groups is 1. The van der Waals surface area contributed by atoms with Crippen molar-refractivity contribution in [1.29, 1.82) is 0 Å². The van der Waals surface area contributed by atoms with Crippen LogP contribution in [0.4, 0.5) is 0 Å². The number of carbonyl (C=O) groups excluding carboxylic acids is 1. The van der Waals surface area contributed by atoms with Gasteiger partial charge in [-0.3, -0.25) is 14.8 Å². The first-order chi connectivity index (χ1) is 9.76. The van der Waals surface area contributed by atoms with Crippen molar-refractivity contribution in [3.63, 3.8) is 0 Å². The van der Waals surface area contributed by atoms with Crippen molar-refractivity contribution in [3.8, 4) is 0 Å². The molecule has 5 heteroatoms. The third-order valence-electron chi connectivity index (χ3n) is 2.84. The first kappa shape index (κ1) is 16.3. The van der Waals surface area contributed by atoms with Gasteiger partial charge in [0.2, 0.25) is 0 Å². The Hall–Kier alpha value is -1.75. The Bertz CT molecular complexity index is 423. The summed E-state index contributed by atoms with van der Waals surface area (Å²) in [7, 11) is 1.40. The van der Waals surface area contributed by atoms with E-state index in [4.69, 9.17) is 5.11 Å². The molecule has 0 unspecified atom stereocenters. The lowest BCUT2D eigenvalue weighted by Gasteiger charge is -1.96. The first-order valence-electron chi connectivity index (χ1n) is 6.87. The fraction of sp³-hybridized carbons (Fsp3) is 0.533. The van der Waals surface area contributed by atoms with Crippen LogP contribution in [0.25, 0.3) is 0 Å². The van der Waals surface area contributed by atoms with Gasteiger partial charge in [-0.25, -0.2) is 0 Å². The highest BCUT2D eigenvalue weighted by molar-refractivity contribution is 5.70. The monoisotopic (exact) mass is 278 g/mol. The summed E-state index contributed by atoms with van der Waals surface area (Å²) in [6, 6.07) is 0. The molecule has 0 amide bonds. The molecule has 0 radical (unpaired) electrons. The second kappa shape index (κ2) is 10.1. The number of esters is 1. The van der Waals surface area contributed by atoms with E-state index >= 15 is 0 Å². The maximum absolute atomic E-state index is 10.7.